The molecule has 25 heavy (non-hydrogen) atoms. The first kappa shape index (κ1) is 23.0. The molecule has 0 atom stereocenters. The van der Waals surface area contributed by atoms with Gasteiger partial charge in [-0.25, -0.2) is 0 Å². The van der Waals surface area contributed by atoms with Crippen molar-refractivity contribution in [2.45, 2.75) is 40.0 Å². The Kier molecular flexibility index (Phi) is 12.9. The fourth-order valence-corrected chi connectivity index (χ4v) is 6.30. The minimum absolute atomic E-state index is 0.103. The zero-order chi connectivity index (χ0) is 18.5. The van der Waals surface area contributed by atoms with Crippen LogP contribution in [0.15, 0.2) is 36.5 Å². The van der Waals surface area contributed by atoms with E-state index in [4.69, 9.17) is 24.1 Å². The number of rotatable bonds is 8. The summed E-state index contributed by atoms with van der Waals surface area (Å²) < 4.78 is 5.39. The molecular weight excluding hydrogens is 461 g/mol. The molecule has 0 spiro atoms. The van der Waals surface area contributed by atoms with Gasteiger partial charge in [0.1, 0.15) is 0 Å². The molecule has 0 saturated carbocycles. The second kappa shape index (κ2) is 14.0. The predicted octanol–water partition coefficient (Wildman–Crippen LogP) is 6.73. The van der Waals surface area contributed by atoms with Gasteiger partial charge in [-0.1, -0.05) is 20.8 Å². The van der Waals surface area contributed by atoms with E-state index in [1.807, 2.05) is 30.3 Å². The van der Waals surface area contributed by atoms with Gasteiger partial charge in [0.15, 0.2) is 0 Å². The molecule has 1 aromatic heterocycles. The molecule has 1 aromatic carbocycles. The van der Waals surface area contributed by atoms with Crippen molar-refractivity contribution in [3.63, 3.8) is 0 Å². The van der Waals surface area contributed by atoms with Crippen LogP contribution >= 0.6 is 27.3 Å². The van der Waals surface area contributed by atoms with Gasteiger partial charge in [0, 0.05) is 7.92 Å². The summed E-state index contributed by atoms with van der Waals surface area (Å²) in [7, 11) is 11.5. The van der Waals surface area contributed by atoms with E-state index in [0.717, 1.165) is 10.9 Å². The van der Waals surface area contributed by atoms with Crippen LogP contribution in [0.3, 0.4) is 0 Å². The van der Waals surface area contributed by atoms with Gasteiger partial charge < -0.3 is 0 Å². The summed E-state index contributed by atoms with van der Waals surface area (Å²) in [5.74, 6) is 0.688. The molecule has 2 aromatic rings. The number of pyridine rings is 1. The van der Waals surface area contributed by atoms with Crippen LogP contribution in [0, 0.1) is 0 Å². The fraction of sp³-hybridized carbons (Fsp3) is 0.474. The Labute approximate surface area is 166 Å². The van der Waals surface area contributed by atoms with Crippen molar-refractivity contribution < 1.29 is 18.3 Å². The van der Waals surface area contributed by atoms with Crippen molar-refractivity contribution in [2.24, 2.45) is 0 Å². The van der Waals surface area contributed by atoms with Crippen molar-refractivity contribution in [2.75, 3.05) is 18.5 Å². The summed E-state index contributed by atoms with van der Waals surface area (Å²) in [5.41, 5.74) is 0.819. The first-order valence-corrected chi connectivity index (χ1v) is 16.4. The third kappa shape index (κ3) is 9.43. The topological polar surface area (TPSA) is 22.1 Å². The summed E-state index contributed by atoms with van der Waals surface area (Å²) in [6.45, 7) is 6.95. The van der Waals surface area contributed by atoms with Crippen molar-refractivity contribution in [1.82, 2.24) is 4.98 Å². The number of hydrogen-bond acceptors (Lipinski definition) is 2. The molecule has 0 aliphatic carbocycles. The molecule has 2 nitrogen and oxygen atoms in total. The van der Waals surface area contributed by atoms with Crippen LogP contribution in [-0.4, -0.2) is 28.3 Å². The molecule has 0 bridgehead atoms. The van der Waals surface area contributed by atoms with Crippen LogP contribution in [0.4, 0.5) is 0 Å². The number of halogens is 2. The Morgan fingerprint density at radius 3 is 2.16 bits per heavy atom. The molecule has 6 heteroatoms. The molecule has 1 heterocycles. The number of fused-ring (bicyclic) bond motifs is 1. The average molecular weight is 490 g/mol. The first-order valence-electron chi connectivity index (χ1n) is 8.77. The molecule has 0 fully saturated rings. The maximum atomic E-state index is 5.69. The summed E-state index contributed by atoms with van der Waals surface area (Å²) in [6, 6.07) is 9.60. The molecule has 2 rings (SSSR count). The van der Waals surface area contributed by atoms with Crippen molar-refractivity contribution in [3.05, 3.63) is 36.5 Å². The average Bonchev–Trinajstić information content (AvgIpc) is 2.61. The van der Waals surface area contributed by atoms with Crippen LogP contribution in [-0.2, 0) is 13.5 Å². The quantitative estimate of drug-likeness (QED) is 0.303. The van der Waals surface area contributed by atoms with Gasteiger partial charge in [0.05, 0.1) is 18.5 Å². The molecular formula is C19H29Cl2NOPRu+. The molecule has 0 radical (unpaired) electrons. The minimum atomic E-state index is -1.89. The first-order chi connectivity index (χ1) is 12.1. The summed E-state index contributed by atoms with van der Waals surface area (Å²) in [5, 5.41) is 1.03. The number of hydrogen-bond donors (Lipinski definition) is 0. The Bertz CT molecular complexity index is 631. The molecule has 0 N–H and O–H groups in total. The van der Waals surface area contributed by atoms with Gasteiger partial charge >= 0.3 is 101 Å². The Balaban J connectivity index is 0.000000275. The van der Waals surface area contributed by atoms with Crippen LogP contribution in [0.2, 0.25) is 0 Å². The normalized spacial score (nSPS) is 11.0. The summed E-state index contributed by atoms with van der Waals surface area (Å²) in [6.07, 6.45) is 10.6. The van der Waals surface area contributed by atoms with E-state index in [9.17, 15) is 0 Å². The van der Waals surface area contributed by atoms with E-state index < -0.39 is 13.5 Å². The van der Waals surface area contributed by atoms with E-state index >= 15 is 0 Å². The standard InChI is InChI=1S/C10H7NO.C9H21P.2ClH.Ru/c1-12-9-6-2-4-8-5-3-7-11-10(8)9;1-4-7-10(8-5-2)9-6-3;;;/h1-7H;4-9H2,1-3H3;2*1H;/q;;;;+2/p-1. The van der Waals surface area contributed by atoms with E-state index in [1.54, 1.807) is 24.7 Å². The van der Waals surface area contributed by atoms with Crippen molar-refractivity contribution in [1.29, 1.82) is 0 Å². The van der Waals surface area contributed by atoms with Crippen molar-refractivity contribution >= 4 is 43.0 Å². The van der Waals surface area contributed by atoms with Crippen LogP contribution in [0.1, 0.15) is 40.0 Å². The molecule has 142 valence electrons. The number of aromatic nitrogens is 1. The number of nitrogens with zero attached hydrogens (tertiary/aromatic N) is 1. The van der Waals surface area contributed by atoms with E-state index in [0.29, 0.717) is 5.75 Å². The van der Waals surface area contributed by atoms with E-state index in [2.05, 4.69) is 25.8 Å². The second-order valence-corrected chi connectivity index (χ2v) is 14.4. The maximum absolute atomic E-state index is 5.69. The van der Waals surface area contributed by atoms with E-state index in [-0.39, 0.29) is 7.92 Å². The molecule has 0 aliphatic heterocycles. The van der Waals surface area contributed by atoms with Crippen LogP contribution in [0.25, 0.3) is 10.9 Å². The van der Waals surface area contributed by atoms with Crippen LogP contribution in [0.5, 0.6) is 5.75 Å². The van der Waals surface area contributed by atoms with Gasteiger partial charge in [-0.15, -0.1) is 0 Å². The zero-order valence-corrected chi connectivity index (χ0v) is 19.5. The predicted molar refractivity (Wildman–Crippen MR) is 114 cm³/mol. The third-order valence-electron chi connectivity index (χ3n) is 3.64. The Morgan fingerprint density at radius 2 is 1.60 bits per heavy atom. The summed E-state index contributed by atoms with van der Waals surface area (Å²) >= 11 is -1.89. The van der Waals surface area contributed by atoms with Gasteiger partial charge in [-0.2, -0.15) is 0 Å². The SMILES string of the molecule is CCC[PH+](CCC)CCC.[Cl][Ru]([Cl])=[CH]Oc1cccc2cccnc12. The van der Waals surface area contributed by atoms with Crippen molar-refractivity contribution in [3.8, 4) is 5.75 Å². The Hall–Kier alpha value is -0.0666. The van der Waals surface area contributed by atoms with Gasteiger partial charge in [-0.3, -0.25) is 0 Å². The summed E-state index contributed by atoms with van der Waals surface area (Å²) in [4.78, 5) is 5.74. The zero-order valence-electron chi connectivity index (χ0n) is 15.2. The monoisotopic (exact) mass is 490 g/mol. The van der Waals surface area contributed by atoms with Gasteiger partial charge in [0.25, 0.3) is 0 Å². The number of para-hydroxylation sites is 1. The molecule has 0 amide bonds. The molecule has 0 unspecified atom stereocenters. The fourth-order valence-electron chi connectivity index (χ4n) is 2.68. The Morgan fingerprint density at radius 1 is 1.00 bits per heavy atom. The van der Waals surface area contributed by atoms with Gasteiger partial charge in [0.2, 0.25) is 0 Å². The van der Waals surface area contributed by atoms with Crippen LogP contribution < -0.4 is 4.74 Å². The molecule has 0 saturated heterocycles. The third-order valence-corrected chi connectivity index (χ3v) is 8.52. The van der Waals surface area contributed by atoms with E-state index in [1.165, 1.54) is 24.1 Å². The molecule has 0 aliphatic rings. The number of benzene rings is 1. The number of ether oxygens (including phenoxy) is 1. The second-order valence-electron chi connectivity index (χ2n) is 5.74. The van der Waals surface area contributed by atoms with Gasteiger partial charge in [-0.05, 0) is 19.3 Å².